The molecular weight excluding hydrogens is 461 g/mol. The van der Waals surface area contributed by atoms with Crippen LogP contribution in [0.5, 0.6) is 11.5 Å². The van der Waals surface area contributed by atoms with Crippen LogP contribution in [0.4, 0.5) is 24.8 Å². The molecule has 17 heteroatoms. The highest BCUT2D eigenvalue weighted by molar-refractivity contribution is 5.70. The van der Waals surface area contributed by atoms with E-state index in [1.807, 2.05) is 0 Å². The molecule has 2 aromatic heterocycles. The fraction of sp³-hybridized carbons (Fsp3) is 0.312. The third-order valence-corrected chi connectivity index (χ3v) is 4.87. The standard InChI is InChI=1S/C16H13F3N6O8/c17-4-5(18)12(6(19)10(27)8(4)25(30)31)32-1-3-9(26)11(28)15(33-3)24-2-21-7-13(24)22-16(20)23-14(7)29/h2-3,9,11,15,26-28H,1H2,(H3,20,22,23,29)/t3-,9-,11-,15-/m1/s1. The lowest BCUT2D eigenvalue weighted by Crippen LogP contribution is -2.34. The van der Waals surface area contributed by atoms with Gasteiger partial charge in [0.2, 0.25) is 29.1 Å². The molecule has 0 amide bonds. The number of aromatic amines is 1. The predicted octanol–water partition coefficient (Wildman–Crippen LogP) is -0.569. The van der Waals surface area contributed by atoms with Crippen LogP contribution in [0.1, 0.15) is 6.23 Å². The summed E-state index contributed by atoms with van der Waals surface area (Å²) in [4.78, 5) is 31.0. The second kappa shape index (κ2) is 7.87. The Morgan fingerprint density at radius 1 is 1.27 bits per heavy atom. The van der Waals surface area contributed by atoms with Crippen LogP contribution >= 0.6 is 0 Å². The Balaban J connectivity index is 1.60. The number of nitrogen functional groups attached to an aromatic ring is 1. The number of H-pyrrole nitrogens is 1. The number of rotatable bonds is 5. The summed E-state index contributed by atoms with van der Waals surface area (Å²) in [6.07, 6.45) is -5.19. The number of phenolic OH excluding ortho intramolecular Hbond substituents is 1. The van der Waals surface area contributed by atoms with Gasteiger partial charge < -0.3 is 30.5 Å². The summed E-state index contributed by atoms with van der Waals surface area (Å²) in [5.41, 5.74) is 2.72. The first kappa shape index (κ1) is 22.2. The Kier molecular flexibility index (Phi) is 5.30. The fourth-order valence-electron chi connectivity index (χ4n) is 3.30. The minimum Gasteiger partial charge on any atom is -0.500 e. The number of hydrogen-bond donors (Lipinski definition) is 5. The molecular formula is C16H13F3N6O8. The summed E-state index contributed by atoms with van der Waals surface area (Å²) in [7, 11) is 0. The van der Waals surface area contributed by atoms with E-state index >= 15 is 0 Å². The largest absolute Gasteiger partial charge is 0.500 e. The number of anilines is 1. The van der Waals surface area contributed by atoms with Crippen molar-refractivity contribution in [1.82, 2.24) is 19.5 Å². The van der Waals surface area contributed by atoms with Crippen LogP contribution in [0.2, 0.25) is 0 Å². The number of aromatic hydroxyl groups is 1. The van der Waals surface area contributed by atoms with E-state index in [0.29, 0.717) is 0 Å². The second-order valence-electron chi connectivity index (χ2n) is 6.86. The summed E-state index contributed by atoms with van der Waals surface area (Å²) in [5.74, 6) is -9.78. The van der Waals surface area contributed by atoms with E-state index in [1.54, 1.807) is 0 Å². The number of aromatic nitrogens is 4. The molecule has 4 rings (SSSR count). The second-order valence-corrected chi connectivity index (χ2v) is 6.86. The highest BCUT2D eigenvalue weighted by atomic mass is 19.2. The molecule has 1 aliphatic rings. The van der Waals surface area contributed by atoms with Gasteiger partial charge in [0.25, 0.3) is 5.56 Å². The number of imidazole rings is 1. The van der Waals surface area contributed by atoms with E-state index in [1.165, 1.54) is 0 Å². The lowest BCUT2D eigenvalue weighted by atomic mass is 10.1. The lowest BCUT2D eigenvalue weighted by Gasteiger charge is -2.17. The van der Waals surface area contributed by atoms with Gasteiger partial charge in [0.05, 0.1) is 11.3 Å². The number of hydrogen-bond acceptors (Lipinski definition) is 11. The first-order valence-electron chi connectivity index (χ1n) is 8.93. The van der Waals surface area contributed by atoms with Crippen LogP contribution in [0.15, 0.2) is 11.1 Å². The SMILES string of the molecule is Nc1nc2c(ncn2[C@@H]2O[C@H](COc3c(F)c(O)c([N+](=O)[O-])c(F)c3F)[C@@H](O)[C@H]2O)c(=O)[nH]1. The Morgan fingerprint density at radius 3 is 2.64 bits per heavy atom. The number of nitro benzene ring substituents is 1. The molecule has 1 saturated heterocycles. The van der Waals surface area contributed by atoms with Gasteiger partial charge in [-0.3, -0.25) is 24.5 Å². The highest BCUT2D eigenvalue weighted by Gasteiger charge is 2.45. The topological polar surface area (TPSA) is 212 Å². The van der Waals surface area contributed by atoms with Gasteiger partial charge in [0.15, 0.2) is 23.1 Å². The summed E-state index contributed by atoms with van der Waals surface area (Å²) >= 11 is 0. The Labute approximate surface area is 178 Å². The summed E-state index contributed by atoms with van der Waals surface area (Å²) in [6, 6.07) is 0. The minimum absolute atomic E-state index is 0.103. The maximum Gasteiger partial charge on any atom is 0.352 e. The molecule has 14 nitrogen and oxygen atoms in total. The Hall–Kier alpha value is -3.96. The van der Waals surface area contributed by atoms with Crippen molar-refractivity contribution in [2.45, 2.75) is 24.5 Å². The van der Waals surface area contributed by atoms with Crippen LogP contribution in [0.3, 0.4) is 0 Å². The van der Waals surface area contributed by atoms with Crippen molar-refractivity contribution in [3.8, 4) is 11.5 Å². The number of nitro groups is 1. The van der Waals surface area contributed by atoms with Crippen LogP contribution < -0.4 is 16.0 Å². The molecule has 1 aliphatic heterocycles. The van der Waals surface area contributed by atoms with E-state index in [0.717, 1.165) is 10.9 Å². The third-order valence-electron chi connectivity index (χ3n) is 4.87. The van der Waals surface area contributed by atoms with Gasteiger partial charge in [0, 0.05) is 0 Å². The van der Waals surface area contributed by atoms with Crippen LogP contribution in [-0.2, 0) is 4.74 Å². The van der Waals surface area contributed by atoms with Crippen molar-refractivity contribution in [1.29, 1.82) is 0 Å². The number of aliphatic hydroxyl groups excluding tert-OH is 2. The normalized spacial score (nSPS) is 22.7. The van der Waals surface area contributed by atoms with Crippen molar-refractivity contribution in [3.63, 3.8) is 0 Å². The Morgan fingerprint density at radius 2 is 1.97 bits per heavy atom. The van der Waals surface area contributed by atoms with Crippen LogP contribution in [0.25, 0.3) is 11.2 Å². The molecule has 6 N–H and O–H groups in total. The first-order chi connectivity index (χ1) is 15.5. The number of nitrogens with one attached hydrogen (secondary N) is 1. The van der Waals surface area contributed by atoms with E-state index < -0.39 is 76.3 Å². The molecule has 0 radical (unpaired) electrons. The molecule has 1 aromatic carbocycles. The number of nitrogens with two attached hydrogens (primary N) is 1. The molecule has 1 fully saturated rings. The molecule has 0 unspecified atom stereocenters. The van der Waals surface area contributed by atoms with Gasteiger partial charge in [-0.1, -0.05) is 0 Å². The zero-order chi connectivity index (χ0) is 24.2. The molecule has 33 heavy (non-hydrogen) atoms. The number of aliphatic hydroxyl groups is 2. The van der Waals surface area contributed by atoms with E-state index in [4.69, 9.17) is 15.2 Å². The first-order valence-corrected chi connectivity index (χ1v) is 8.93. The van der Waals surface area contributed by atoms with Crippen LogP contribution in [-0.4, -0.2) is 64.7 Å². The minimum atomic E-state index is -2.17. The van der Waals surface area contributed by atoms with Gasteiger partial charge in [-0.15, -0.1) is 0 Å². The van der Waals surface area contributed by atoms with Crippen molar-refractivity contribution < 1.29 is 42.9 Å². The smallest absolute Gasteiger partial charge is 0.352 e. The quantitative estimate of drug-likeness (QED) is 0.179. The molecule has 4 atom stereocenters. The average Bonchev–Trinajstić information content (AvgIpc) is 3.28. The molecule has 0 spiro atoms. The van der Waals surface area contributed by atoms with Crippen LogP contribution in [0, 0.1) is 27.6 Å². The zero-order valence-corrected chi connectivity index (χ0v) is 16.0. The lowest BCUT2D eigenvalue weighted by molar-refractivity contribution is -0.389. The predicted molar refractivity (Wildman–Crippen MR) is 98.6 cm³/mol. The van der Waals surface area contributed by atoms with Gasteiger partial charge in [-0.2, -0.15) is 18.2 Å². The Bertz CT molecular complexity index is 1300. The van der Waals surface area contributed by atoms with Gasteiger partial charge in [0.1, 0.15) is 24.9 Å². The third kappa shape index (κ3) is 3.47. The highest BCUT2D eigenvalue weighted by Crippen LogP contribution is 2.40. The van der Waals surface area contributed by atoms with Gasteiger partial charge in [-0.25, -0.2) is 4.98 Å². The maximum atomic E-state index is 14.2. The molecule has 3 aromatic rings. The van der Waals surface area contributed by atoms with Crippen molar-refractivity contribution in [3.05, 3.63) is 44.2 Å². The van der Waals surface area contributed by atoms with Gasteiger partial charge >= 0.3 is 5.69 Å². The summed E-state index contributed by atoms with van der Waals surface area (Å²) < 4.78 is 53.4. The summed E-state index contributed by atoms with van der Waals surface area (Å²) in [5, 5.41) is 40.8. The molecule has 0 saturated carbocycles. The maximum absolute atomic E-state index is 14.2. The number of halogens is 3. The van der Waals surface area contributed by atoms with Crippen molar-refractivity contribution >= 4 is 22.8 Å². The zero-order valence-electron chi connectivity index (χ0n) is 16.0. The number of fused-ring (bicyclic) bond motifs is 1. The molecule has 3 heterocycles. The van der Waals surface area contributed by atoms with E-state index in [9.17, 15) is 43.4 Å². The number of nitrogens with zero attached hydrogens (tertiary/aromatic N) is 4. The van der Waals surface area contributed by atoms with E-state index in [2.05, 4.69) is 15.0 Å². The average molecular weight is 474 g/mol. The molecule has 176 valence electrons. The molecule has 0 aliphatic carbocycles. The number of phenols is 1. The number of ether oxygens (including phenoxy) is 2. The van der Waals surface area contributed by atoms with Gasteiger partial charge in [-0.05, 0) is 0 Å². The fourth-order valence-corrected chi connectivity index (χ4v) is 3.30. The molecule has 0 bridgehead atoms. The number of benzene rings is 1. The van der Waals surface area contributed by atoms with Crippen molar-refractivity contribution in [2.24, 2.45) is 0 Å². The van der Waals surface area contributed by atoms with E-state index in [-0.39, 0.29) is 17.1 Å². The van der Waals surface area contributed by atoms with Crippen molar-refractivity contribution in [2.75, 3.05) is 12.3 Å². The summed E-state index contributed by atoms with van der Waals surface area (Å²) in [6.45, 7) is -0.887. The monoisotopic (exact) mass is 474 g/mol.